The molecular formula is C19H17BrN4O3S. The molecule has 3 rings (SSSR count). The molecule has 0 atom stereocenters. The Hall–Kier alpha value is -3.04. The summed E-state index contributed by atoms with van der Waals surface area (Å²) in [6.07, 6.45) is 8.47. The van der Waals surface area contributed by atoms with Gasteiger partial charge >= 0.3 is 0 Å². The van der Waals surface area contributed by atoms with E-state index in [9.17, 15) is 10.1 Å². The summed E-state index contributed by atoms with van der Waals surface area (Å²) in [6, 6.07) is 10.1. The van der Waals surface area contributed by atoms with Crippen molar-refractivity contribution < 1.29 is 9.34 Å². The minimum atomic E-state index is -0.416. The molecule has 9 heteroatoms. The van der Waals surface area contributed by atoms with Gasteiger partial charge in [-0.05, 0) is 42.0 Å². The van der Waals surface area contributed by atoms with Crippen LogP contribution >= 0.6 is 28.3 Å². The quantitative estimate of drug-likeness (QED) is 0.213. The van der Waals surface area contributed by atoms with Gasteiger partial charge < -0.3 is 8.98 Å². The van der Waals surface area contributed by atoms with E-state index in [1.54, 1.807) is 42.8 Å². The van der Waals surface area contributed by atoms with E-state index in [1.165, 1.54) is 23.5 Å². The van der Waals surface area contributed by atoms with Crippen LogP contribution in [-0.4, -0.2) is 15.7 Å². The summed E-state index contributed by atoms with van der Waals surface area (Å²) in [4.78, 5) is 11.1. The maximum Gasteiger partial charge on any atom is 0.269 e. The van der Waals surface area contributed by atoms with Gasteiger partial charge in [-0.25, -0.2) is 0 Å². The standard InChI is InChI=1S/C19H16N4O3S.BrH/c1-2-12-22-18(15-7-9-16(10-8-15)23(24)25)14-27-19(22)21-20-11-3-5-17-6-4-13-26-17;/h2-11,13-14H,1,12H2;1H/b5-3+,20-11+,21-19-;. The summed E-state index contributed by atoms with van der Waals surface area (Å²) in [6.45, 7) is 4.33. The number of hydrogen-bond donors (Lipinski definition) is 0. The second-order valence-electron chi connectivity index (χ2n) is 5.35. The highest BCUT2D eigenvalue weighted by molar-refractivity contribution is 8.93. The monoisotopic (exact) mass is 460 g/mol. The van der Waals surface area contributed by atoms with Gasteiger partial charge in [0.15, 0.2) is 0 Å². The Labute approximate surface area is 175 Å². The first-order chi connectivity index (χ1) is 13.2. The van der Waals surface area contributed by atoms with Gasteiger partial charge in [0, 0.05) is 30.3 Å². The molecule has 0 unspecified atom stereocenters. The first-order valence-corrected chi connectivity index (χ1v) is 8.88. The predicted octanol–water partition coefficient (Wildman–Crippen LogP) is 5.08. The van der Waals surface area contributed by atoms with E-state index >= 15 is 0 Å². The van der Waals surface area contributed by atoms with Crippen molar-refractivity contribution in [2.45, 2.75) is 6.54 Å². The van der Waals surface area contributed by atoms with Gasteiger partial charge in [0.25, 0.3) is 5.69 Å². The summed E-state index contributed by atoms with van der Waals surface area (Å²) >= 11 is 1.44. The largest absolute Gasteiger partial charge is 0.465 e. The molecule has 2 aromatic heterocycles. The third-order valence-electron chi connectivity index (χ3n) is 3.58. The Bertz CT molecular complexity index is 1050. The highest BCUT2D eigenvalue weighted by Gasteiger charge is 2.09. The number of aromatic nitrogens is 1. The van der Waals surface area contributed by atoms with Gasteiger partial charge in [-0.2, -0.15) is 5.10 Å². The van der Waals surface area contributed by atoms with Gasteiger partial charge in [-0.3, -0.25) is 10.1 Å². The number of thiazole rings is 1. The summed E-state index contributed by atoms with van der Waals surface area (Å²) in [7, 11) is 0. The van der Waals surface area contributed by atoms with Crippen LogP contribution in [0.4, 0.5) is 5.69 Å². The fourth-order valence-corrected chi connectivity index (χ4v) is 3.22. The topological polar surface area (TPSA) is 85.9 Å². The van der Waals surface area contributed by atoms with Crippen molar-refractivity contribution in [2.75, 3.05) is 0 Å². The van der Waals surface area contributed by atoms with Crippen LogP contribution in [0.3, 0.4) is 0 Å². The Morgan fingerprint density at radius 3 is 2.71 bits per heavy atom. The normalized spacial score (nSPS) is 11.8. The summed E-state index contributed by atoms with van der Waals surface area (Å²) in [5, 5.41) is 21.1. The third-order valence-corrected chi connectivity index (χ3v) is 4.44. The van der Waals surface area contributed by atoms with E-state index in [1.807, 2.05) is 22.1 Å². The average molecular weight is 461 g/mol. The summed E-state index contributed by atoms with van der Waals surface area (Å²) in [5.41, 5.74) is 1.82. The molecule has 144 valence electrons. The molecule has 0 aliphatic carbocycles. The Morgan fingerprint density at radius 2 is 2.07 bits per heavy atom. The number of hydrogen-bond acceptors (Lipinski definition) is 6. The van der Waals surface area contributed by atoms with Gasteiger partial charge in [0.1, 0.15) is 5.76 Å². The highest BCUT2D eigenvalue weighted by Crippen LogP contribution is 2.23. The Balaban J connectivity index is 0.00000280. The first-order valence-electron chi connectivity index (χ1n) is 8.00. The molecular weight excluding hydrogens is 444 g/mol. The number of allylic oxidation sites excluding steroid dienone is 2. The van der Waals surface area contributed by atoms with Crippen LogP contribution in [0.15, 0.2) is 81.4 Å². The fraction of sp³-hybridized carbons (Fsp3) is 0.0526. The molecule has 0 fully saturated rings. The van der Waals surface area contributed by atoms with Crippen molar-refractivity contribution in [3.63, 3.8) is 0 Å². The third kappa shape index (κ3) is 5.24. The number of non-ortho nitro benzene ring substituents is 1. The number of nitro groups is 1. The van der Waals surface area contributed by atoms with Crippen molar-refractivity contribution in [3.05, 3.63) is 87.4 Å². The number of furan rings is 1. The van der Waals surface area contributed by atoms with Crippen LogP contribution in [0.2, 0.25) is 0 Å². The molecule has 0 amide bonds. The number of nitrogens with zero attached hydrogens (tertiary/aromatic N) is 4. The molecule has 3 aromatic rings. The SMILES string of the molecule is Br.C=CCn1c(-c2ccc([N+](=O)[O-])cc2)cs\c1=N/N=C/C=C/c1ccco1. The number of nitro benzene ring substituents is 1. The molecule has 2 heterocycles. The van der Waals surface area contributed by atoms with Gasteiger partial charge in [-0.1, -0.05) is 6.08 Å². The maximum atomic E-state index is 10.8. The minimum absolute atomic E-state index is 0. The smallest absolute Gasteiger partial charge is 0.269 e. The van der Waals surface area contributed by atoms with E-state index in [0.29, 0.717) is 11.3 Å². The predicted molar refractivity (Wildman–Crippen MR) is 117 cm³/mol. The molecule has 0 spiro atoms. The lowest BCUT2D eigenvalue weighted by molar-refractivity contribution is -0.384. The number of halogens is 1. The highest BCUT2D eigenvalue weighted by atomic mass is 79.9. The van der Waals surface area contributed by atoms with Gasteiger partial charge in [0.05, 0.1) is 16.9 Å². The maximum absolute atomic E-state index is 10.8. The summed E-state index contributed by atoms with van der Waals surface area (Å²) in [5.74, 6) is 0.736. The zero-order valence-electron chi connectivity index (χ0n) is 14.7. The van der Waals surface area contributed by atoms with Crippen molar-refractivity contribution in [1.29, 1.82) is 0 Å². The molecule has 0 saturated carbocycles. The average Bonchev–Trinajstić information content (AvgIpc) is 3.32. The second-order valence-corrected chi connectivity index (χ2v) is 6.18. The van der Waals surface area contributed by atoms with Crippen molar-refractivity contribution in [1.82, 2.24) is 4.57 Å². The Kier molecular flexibility index (Phi) is 7.85. The molecule has 0 aliphatic heterocycles. The van der Waals surface area contributed by atoms with E-state index < -0.39 is 4.92 Å². The van der Waals surface area contributed by atoms with Crippen LogP contribution in [0.25, 0.3) is 17.3 Å². The zero-order chi connectivity index (χ0) is 19.1. The van der Waals surface area contributed by atoms with Gasteiger partial charge in [0.2, 0.25) is 4.80 Å². The van der Waals surface area contributed by atoms with Crippen molar-refractivity contribution in [3.8, 4) is 11.3 Å². The van der Waals surface area contributed by atoms with Crippen molar-refractivity contribution in [2.24, 2.45) is 10.2 Å². The fourth-order valence-electron chi connectivity index (χ4n) is 2.34. The molecule has 0 saturated heterocycles. The van der Waals surface area contributed by atoms with Crippen LogP contribution < -0.4 is 4.80 Å². The van der Waals surface area contributed by atoms with E-state index in [4.69, 9.17) is 4.42 Å². The first kappa shape index (κ1) is 21.3. The van der Waals surface area contributed by atoms with Crippen LogP contribution in [0.1, 0.15) is 5.76 Å². The lowest BCUT2D eigenvalue weighted by atomic mass is 10.1. The number of rotatable bonds is 7. The minimum Gasteiger partial charge on any atom is -0.465 e. The lowest BCUT2D eigenvalue weighted by Gasteiger charge is -2.05. The van der Waals surface area contributed by atoms with Crippen LogP contribution in [0.5, 0.6) is 0 Å². The summed E-state index contributed by atoms with van der Waals surface area (Å²) < 4.78 is 7.14. The van der Waals surface area contributed by atoms with E-state index in [2.05, 4.69) is 16.8 Å². The number of benzene rings is 1. The van der Waals surface area contributed by atoms with Gasteiger partial charge in [-0.15, -0.1) is 40.0 Å². The van der Waals surface area contributed by atoms with Crippen LogP contribution in [-0.2, 0) is 6.54 Å². The zero-order valence-corrected chi connectivity index (χ0v) is 17.2. The Morgan fingerprint density at radius 1 is 1.29 bits per heavy atom. The molecule has 7 nitrogen and oxygen atoms in total. The molecule has 1 aromatic carbocycles. The molecule has 28 heavy (non-hydrogen) atoms. The molecule has 0 N–H and O–H groups in total. The molecule has 0 bridgehead atoms. The van der Waals surface area contributed by atoms with Crippen LogP contribution in [0, 0.1) is 10.1 Å². The lowest BCUT2D eigenvalue weighted by Crippen LogP contribution is -2.14. The second kappa shape index (κ2) is 10.3. The molecule has 0 aliphatic rings. The van der Waals surface area contributed by atoms with Crippen molar-refractivity contribution >= 4 is 46.3 Å². The van der Waals surface area contributed by atoms with E-state index in [-0.39, 0.29) is 22.7 Å². The molecule has 0 radical (unpaired) electrons. The van der Waals surface area contributed by atoms with E-state index in [0.717, 1.165) is 17.0 Å².